The van der Waals surface area contributed by atoms with Gasteiger partial charge in [0.1, 0.15) is 5.82 Å². The van der Waals surface area contributed by atoms with Crippen LogP contribution in [0.5, 0.6) is 0 Å². The van der Waals surface area contributed by atoms with E-state index in [4.69, 9.17) is 11.6 Å². The Bertz CT molecular complexity index is 1020. The van der Waals surface area contributed by atoms with Gasteiger partial charge in [-0.15, -0.1) is 10.2 Å². The van der Waals surface area contributed by atoms with Crippen molar-refractivity contribution in [2.45, 2.75) is 26.7 Å². The second-order valence-electron chi connectivity index (χ2n) is 7.33. The molecule has 1 aliphatic heterocycles. The number of imidazole rings is 1. The first-order valence-corrected chi connectivity index (χ1v) is 10.0. The first-order chi connectivity index (χ1) is 14.0. The van der Waals surface area contributed by atoms with Crippen LogP contribution in [0.25, 0.3) is 5.82 Å². The maximum Gasteiger partial charge on any atom is 0.229 e. The Morgan fingerprint density at radius 2 is 1.97 bits per heavy atom. The van der Waals surface area contributed by atoms with E-state index in [2.05, 4.69) is 25.4 Å². The number of hydrogen-bond acceptors (Lipinski definition) is 5. The lowest BCUT2D eigenvalue weighted by Gasteiger charge is -2.32. The Balaban J connectivity index is 1.44. The smallest absolute Gasteiger partial charge is 0.229 e. The Kier molecular flexibility index (Phi) is 5.49. The molecule has 1 unspecified atom stereocenters. The van der Waals surface area contributed by atoms with Crippen molar-refractivity contribution in [3.63, 3.8) is 0 Å². The molecule has 1 atom stereocenters. The minimum absolute atomic E-state index is 0.0127. The van der Waals surface area contributed by atoms with Crippen LogP contribution in [-0.4, -0.2) is 38.7 Å². The molecule has 0 radical (unpaired) electrons. The van der Waals surface area contributed by atoms with Crippen LogP contribution in [0.15, 0.2) is 42.7 Å². The number of benzene rings is 1. The third-order valence-electron chi connectivity index (χ3n) is 5.28. The maximum atomic E-state index is 12.8. The van der Waals surface area contributed by atoms with Gasteiger partial charge in [-0.3, -0.25) is 9.36 Å². The molecule has 150 valence electrons. The third kappa shape index (κ3) is 4.24. The van der Waals surface area contributed by atoms with Gasteiger partial charge in [0.05, 0.1) is 5.92 Å². The van der Waals surface area contributed by atoms with E-state index in [1.807, 2.05) is 48.9 Å². The number of carbonyl (C=O) groups is 1. The maximum absolute atomic E-state index is 12.8. The van der Waals surface area contributed by atoms with Gasteiger partial charge in [0.15, 0.2) is 11.6 Å². The summed E-state index contributed by atoms with van der Waals surface area (Å²) in [4.78, 5) is 19.2. The van der Waals surface area contributed by atoms with Gasteiger partial charge in [0.25, 0.3) is 0 Å². The van der Waals surface area contributed by atoms with Crippen LogP contribution in [-0.2, 0) is 4.79 Å². The van der Waals surface area contributed by atoms with Crippen molar-refractivity contribution in [1.82, 2.24) is 19.7 Å². The Hall–Kier alpha value is -2.93. The van der Waals surface area contributed by atoms with Crippen molar-refractivity contribution in [2.75, 3.05) is 23.3 Å². The van der Waals surface area contributed by atoms with Crippen molar-refractivity contribution < 1.29 is 4.79 Å². The number of halogens is 1. The van der Waals surface area contributed by atoms with Crippen molar-refractivity contribution >= 4 is 29.0 Å². The molecule has 7 nitrogen and oxygen atoms in total. The fourth-order valence-corrected chi connectivity index (χ4v) is 3.77. The van der Waals surface area contributed by atoms with E-state index in [-0.39, 0.29) is 11.8 Å². The van der Waals surface area contributed by atoms with Gasteiger partial charge in [-0.05, 0) is 56.5 Å². The van der Waals surface area contributed by atoms with Crippen molar-refractivity contribution in [2.24, 2.45) is 5.92 Å². The quantitative estimate of drug-likeness (QED) is 0.708. The molecule has 29 heavy (non-hydrogen) atoms. The zero-order valence-electron chi connectivity index (χ0n) is 16.5. The van der Waals surface area contributed by atoms with Gasteiger partial charge < -0.3 is 10.2 Å². The highest BCUT2D eigenvalue weighted by molar-refractivity contribution is 6.31. The summed E-state index contributed by atoms with van der Waals surface area (Å²) in [6.45, 7) is 5.35. The predicted octanol–water partition coefficient (Wildman–Crippen LogP) is 3.79. The summed E-state index contributed by atoms with van der Waals surface area (Å²) in [7, 11) is 0. The zero-order chi connectivity index (χ0) is 20.4. The Morgan fingerprint density at radius 3 is 2.69 bits per heavy atom. The van der Waals surface area contributed by atoms with E-state index in [0.29, 0.717) is 11.6 Å². The summed E-state index contributed by atoms with van der Waals surface area (Å²) in [6.07, 6.45) is 5.37. The number of carbonyl (C=O) groups excluding carboxylic acids is 1. The van der Waals surface area contributed by atoms with Gasteiger partial charge >= 0.3 is 0 Å². The van der Waals surface area contributed by atoms with E-state index < -0.39 is 0 Å². The lowest BCUT2D eigenvalue weighted by Crippen LogP contribution is -2.41. The van der Waals surface area contributed by atoms with Crippen LogP contribution >= 0.6 is 11.6 Å². The molecule has 1 saturated heterocycles. The van der Waals surface area contributed by atoms with E-state index in [1.54, 1.807) is 12.3 Å². The number of amides is 1. The summed E-state index contributed by atoms with van der Waals surface area (Å²) in [5, 5.41) is 12.4. The second-order valence-corrected chi connectivity index (χ2v) is 7.76. The minimum atomic E-state index is -0.112. The van der Waals surface area contributed by atoms with Crippen LogP contribution in [0.3, 0.4) is 0 Å². The highest BCUT2D eigenvalue weighted by Gasteiger charge is 2.27. The molecule has 2 aromatic heterocycles. The van der Waals surface area contributed by atoms with Gasteiger partial charge in [-0.25, -0.2) is 4.98 Å². The fraction of sp³-hybridized carbons (Fsp3) is 0.333. The largest absolute Gasteiger partial charge is 0.354 e. The van der Waals surface area contributed by atoms with Gasteiger partial charge in [0.2, 0.25) is 5.91 Å². The van der Waals surface area contributed by atoms with Crippen molar-refractivity contribution in [3.05, 3.63) is 59.1 Å². The van der Waals surface area contributed by atoms with E-state index >= 15 is 0 Å². The first-order valence-electron chi connectivity index (χ1n) is 9.67. The molecule has 3 heterocycles. The van der Waals surface area contributed by atoms with E-state index in [9.17, 15) is 4.79 Å². The molecule has 8 heteroatoms. The highest BCUT2D eigenvalue weighted by atomic mass is 35.5. The molecule has 1 aromatic carbocycles. The topological polar surface area (TPSA) is 75.9 Å². The highest BCUT2D eigenvalue weighted by Crippen LogP contribution is 2.25. The third-order valence-corrected chi connectivity index (χ3v) is 5.52. The molecule has 1 N–H and O–H groups in total. The molecule has 1 aliphatic rings. The summed E-state index contributed by atoms with van der Waals surface area (Å²) >= 11 is 6.07. The van der Waals surface area contributed by atoms with Crippen LogP contribution in [0, 0.1) is 19.8 Å². The van der Waals surface area contributed by atoms with Gasteiger partial charge in [-0.2, -0.15) is 0 Å². The molecular weight excluding hydrogens is 388 g/mol. The first kappa shape index (κ1) is 19.4. The predicted molar refractivity (Wildman–Crippen MR) is 114 cm³/mol. The molecule has 1 fully saturated rings. The summed E-state index contributed by atoms with van der Waals surface area (Å²) in [5.41, 5.74) is 1.76. The summed E-state index contributed by atoms with van der Waals surface area (Å²) in [6, 6.07) is 9.39. The van der Waals surface area contributed by atoms with E-state index in [1.165, 1.54) is 0 Å². The standard InChI is InChI=1S/C21H23ClN6O/c1-14-5-6-17(22)12-18(14)24-21(29)16-4-3-10-27(13-16)19-7-8-20(26-25-19)28-11-9-23-15(28)2/h5-9,11-12,16H,3-4,10,13H2,1-2H3,(H,24,29). The van der Waals surface area contributed by atoms with Crippen LogP contribution < -0.4 is 10.2 Å². The number of nitrogens with one attached hydrogen (secondary N) is 1. The van der Waals surface area contributed by atoms with Crippen molar-refractivity contribution in [3.8, 4) is 5.82 Å². The van der Waals surface area contributed by atoms with Gasteiger partial charge in [0, 0.05) is 36.2 Å². The second kappa shape index (κ2) is 8.21. The molecule has 0 spiro atoms. The minimum Gasteiger partial charge on any atom is -0.354 e. The SMILES string of the molecule is Cc1ccc(Cl)cc1NC(=O)C1CCCN(c2ccc(-n3ccnc3C)nn2)C1. The van der Waals surface area contributed by atoms with Gasteiger partial charge in [-0.1, -0.05) is 17.7 Å². The van der Waals surface area contributed by atoms with Crippen LogP contribution in [0.1, 0.15) is 24.2 Å². The van der Waals surface area contributed by atoms with Crippen LogP contribution in [0.4, 0.5) is 11.5 Å². The molecule has 4 rings (SSSR count). The summed E-state index contributed by atoms with van der Waals surface area (Å²) in [5.74, 6) is 2.27. The lowest BCUT2D eigenvalue weighted by atomic mass is 9.97. The molecular formula is C21H23ClN6O. The number of aryl methyl sites for hydroxylation is 2. The number of rotatable bonds is 4. The number of hydrogen-bond donors (Lipinski definition) is 1. The Morgan fingerprint density at radius 1 is 1.17 bits per heavy atom. The number of piperidine rings is 1. The summed E-state index contributed by atoms with van der Waals surface area (Å²) < 4.78 is 1.89. The fourth-order valence-electron chi connectivity index (χ4n) is 3.60. The lowest BCUT2D eigenvalue weighted by molar-refractivity contribution is -0.120. The number of aromatic nitrogens is 4. The van der Waals surface area contributed by atoms with Crippen LogP contribution in [0.2, 0.25) is 5.02 Å². The molecule has 0 aliphatic carbocycles. The molecule has 0 saturated carbocycles. The zero-order valence-corrected chi connectivity index (χ0v) is 17.2. The monoisotopic (exact) mass is 410 g/mol. The number of nitrogens with zero attached hydrogens (tertiary/aromatic N) is 5. The molecule has 3 aromatic rings. The number of anilines is 2. The van der Waals surface area contributed by atoms with E-state index in [0.717, 1.165) is 48.1 Å². The van der Waals surface area contributed by atoms with Crippen molar-refractivity contribution in [1.29, 1.82) is 0 Å². The molecule has 1 amide bonds. The normalized spacial score (nSPS) is 16.7. The molecule has 0 bridgehead atoms. The Labute approximate surface area is 174 Å². The average molecular weight is 411 g/mol. The average Bonchev–Trinajstić information content (AvgIpc) is 3.17.